The van der Waals surface area contributed by atoms with Gasteiger partial charge in [0.05, 0.1) is 11.7 Å². The molecule has 3 rings (SSSR count). The third-order valence-corrected chi connectivity index (χ3v) is 3.78. The van der Waals surface area contributed by atoms with E-state index in [-0.39, 0.29) is 6.17 Å². The van der Waals surface area contributed by atoms with Crippen molar-refractivity contribution in [2.45, 2.75) is 39.4 Å². The van der Waals surface area contributed by atoms with E-state index < -0.39 is 0 Å². The Kier molecular flexibility index (Phi) is 3.80. The minimum atomic E-state index is -0.124. The van der Waals surface area contributed by atoms with Crippen molar-refractivity contribution < 1.29 is 0 Å². The number of aromatic nitrogens is 2. The SMILES string of the molecule is CCCCn1c2ccccc2c2ccnc(NC(C)N)c21. The van der Waals surface area contributed by atoms with E-state index in [1.165, 1.54) is 22.7 Å². The van der Waals surface area contributed by atoms with Crippen molar-refractivity contribution in [1.82, 2.24) is 9.55 Å². The maximum absolute atomic E-state index is 5.90. The molecule has 0 aliphatic carbocycles. The van der Waals surface area contributed by atoms with Gasteiger partial charge >= 0.3 is 0 Å². The molecule has 0 saturated heterocycles. The van der Waals surface area contributed by atoms with Crippen molar-refractivity contribution in [2.75, 3.05) is 5.32 Å². The lowest BCUT2D eigenvalue weighted by atomic mass is 10.2. The molecule has 0 radical (unpaired) electrons. The molecule has 1 atom stereocenters. The molecule has 0 fully saturated rings. The van der Waals surface area contributed by atoms with Crippen molar-refractivity contribution in [3.8, 4) is 0 Å². The molecule has 0 amide bonds. The number of benzene rings is 1. The molecule has 4 heteroatoms. The molecule has 1 unspecified atom stereocenters. The van der Waals surface area contributed by atoms with Gasteiger partial charge in [0.15, 0.2) is 5.82 Å². The van der Waals surface area contributed by atoms with Crippen LogP contribution in [0.25, 0.3) is 21.8 Å². The number of unbranched alkanes of at least 4 members (excludes halogenated alkanes) is 1. The molecular weight excluding hydrogens is 260 g/mol. The number of anilines is 1. The van der Waals surface area contributed by atoms with Crippen LogP contribution in [0.3, 0.4) is 0 Å². The van der Waals surface area contributed by atoms with E-state index in [0.29, 0.717) is 0 Å². The summed E-state index contributed by atoms with van der Waals surface area (Å²) in [6.45, 7) is 5.15. The fourth-order valence-electron chi connectivity index (χ4n) is 2.87. The number of para-hydroxylation sites is 1. The van der Waals surface area contributed by atoms with E-state index in [9.17, 15) is 0 Å². The van der Waals surface area contributed by atoms with Crippen LogP contribution in [0.4, 0.5) is 5.82 Å². The van der Waals surface area contributed by atoms with Gasteiger partial charge in [-0.3, -0.25) is 0 Å². The van der Waals surface area contributed by atoms with Crippen LogP contribution in [0.15, 0.2) is 36.5 Å². The lowest BCUT2D eigenvalue weighted by Crippen LogP contribution is -2.26. The Morgan fingerprint density at radius 1 is 1.24 bits per heavy atom. The second kappa shape index (κ2) is 5.74. The zero-order chi connectivity index (χ0) is 14.8. The van der Waals surface area contributed by atoms with Crippen LogP contribution in [0.2, 0.25) is 0 Å². The average molecular weight is 282 g/mol. The van der Waals surface area contributed by atoms with Crippen molar-refractivity contribution in [3.63, 3.8) is 0 Å². The Bertz CT molecular complexity index is 758. The number of rotatable bonds is 5. The van der Waals surface area contributed by atoms with Gasteiger partial charge in [-0.15, -0.1) is 0 Å². The molecule has 0 aliphatic heterocycles. The molecular formula is C17H22N4. The summed E-state index contributed by atoms with van der Waals surface area (Å²) in [7, 11) is 0. The molecule has 0 bridgehead atoms. The molecule has 2 aromatic heterocycles. The van der Waals surface area contributed by atoms with E-state index in [1.807, 2.05) is 13.1 Å². The lowest BCUT2D eigenvalue weighted by Gasteiger charge is -2.13. The third kappa shape index (κ3) is 2.47. The van der Waals surface area contributed by atoms with E-state index in [1.54, 1.807) is 0 Å². The molecule has 21 heavy (non-hydrogen) atoms. The van der Waals surface area contributed by atoms with Crippen LogP contribution < -0.4 is 11.1 Å². The number of fused-ring (bicyclic) bond motifs is 3. The number of aryl methyl sites for hydroxylation is 1. The zero-order valence-corrected chi connectivity index (χ0v) is 12.6. The van der Waals surface area contributed by atoms with Crippen LogP contribution in [0.5, 0.6) is 0 Å². The highest BCUT2D eigenvalue weighted by molar-refractivity contribution is 6.11. The monoisotopic (exact) mass is 282 g/mol. The first kappa shape index (κ1) is 13.9. The topological polar surface area (TPSA) is 55.9 Å². The second-order valence-corrected chi connectivity index (χ2v) is 5.51. The highest BCUT2D eigenvalue weighted by atomic mass is 15.1. The number of hydrogen-bond donors (Lipinski definition) is 2. The fourth-order valence-corrected chi connectivity index (χ4v) is 2.87. The second-order valence-electron chi connectivity index (χ2n) is 5.51. The first-order chi connectivity index (χ1) is 10.2. The van der Waals surface area contributed by atoms with Gasteiger partial charge in [0.2, 0.25) is 0 Å². The molecule has 2 heterocycles. The van der Waals surface area contributed by atoms with Gasteiger partial charge in [0.1, 0.15) is 0 Å². The molecule has 4 nitrogen and oxygen atoms in total. The Labute approximate surface area is 125 Å². The summed E-state index contributed by atoms with van der Waals surface area (Å²) in [5.41, 5.74) is 8.32. The van der Waals surface area contributed by atoms with E-state index >= 15 is 0 Å². The summed E-state index contributed by atoms with van der Waals surface area (Å²) in [5, 5.41) is 5.78. The quantitative estimate of drug-likeness (QED) is 0.701. The molecule has 0 aliphatic rings. The van der Waals surface area contributed by atoms with Gasteiger partial charge in [-0.2, -0.15) is 0 Å². The summed E-state index contributed by atoms with van der Waals surface area (Å²) in [6.07, 6.45) is 4.05. The predicted octanol–water partition coefficient (Wildman–Crippen LogP) is 3.71. The number of nitrogens with two attached hydrogens (primary N) is 1. The Hall–Kier alpha value is -2.07. The van der Waals surface area contributed by atoms with E-state index in [0.717, 1.165) is 24.3 Å². The smallest absolute Gasteiger partial charge is 0.151 e. The van der Waals surface area contributed by atoms with Crippen molar-refractivity contribution in [2.24, 2.45) is 5.73 Å². The van der Waals surface area contributed by atoms with Crippen molar-refractivity contribution in [1.29, 1.82) is 0 Å². The first-order valence-electron chi connectivity index (χ1n) is 7.60. The summed E-state index contributed by atoms with van der Waals surface area (Å²) < 4.78 is 2.37. The third-order valence-electron chi connectivity index (χ3n) is 3.78. The Morgan fingerprint density at radius 3 is 2.81 bits per heavy atom. The first-order valence-corrected chi connectivity index (χ1v) is 7.60. The van der Waals surface area contributed by atoms with E-state index in [4.69, 9.17) is 5.73 Å². The molecule has 1 aromatic carbocycles. The normalized spacial score (nSPS) is 12.9. The highest BCUT2D eigenvalue weighted by Crippen LogP contribution is 2.32. The van der Waals surface area contributed by atoms with Crippen molar-refractivity contribution >= 4 is 27.6 Å². The van der Waals surface area contributed by atoms with Crippen LogP contribution >= 0.6 is 0 Å². The molecule has 0 saturated carbocycles. The molecule has 110 valence electrons. The molecule has 3 N–H and O–H groups in total. The van der Waals surface area contributed by atoms with Crippen molar-refractivity contribution in [3.05, 3.63) is 36.5 Å². The standard InChI is InChI=1S/C17H22N4/c1-3-4-11-21-15-8-6-5-7-13(15)14-9-10-19-17(16(14)21)20-12(2)18/h5-10,12H,3-4,11,18H2,1-2H3,(H,19,20). The highest BCUT2D eigenvalue weighted by Gasteiger charge is 2.14. The Morgan fingerprint density at radius 2 is 2.05 bits per heavy atom. The summed E-state index contributed by atoms with van der Waals surface area (Å²) in [5.74, 6) is 0.870. The average Bonchev–Trinajstić information content (AvgIpc) is 2.80. The van der Waals surface area contributed by atoms with Crippen LogP contribution in [-0.2, 0) is 6.54 Å². The predicted molar refractivity (Wildman–Crippen MR) is 89.4 cm³/mol. The minimum absolute atomic E-state index is 0.124. The summed E-state index contributed by atoms with van der Waals surface area (Å²) in [4.78, 5) is 4.50. The van der Waals surface area contributed by atoms with Gasteiger partial charge in [-0.1, -0.05) is 31.5 Å². The Balaban J connectivity index is 2.30. The maximum Gasteiger partial charge on any atom is 0.151 e. The largest absolute Gasteiger partial charge is 0.354 e. The van der Waals surface area contributed by atoms with Gasteiger partial charge in [-0.25, -0.2) is 4.98 Å². The van der Waals surface area contributed by atoms with Crippen LogP contribution in [0, 0.1) is 0 Å². The van der Waals surface area contributed by atoms with Gasteiger partial charge in [0, 0.05) is 29.0 Å². The zero-order valence-electron chi connectivity index (χ0n) is 12.6. The number of nitrogens with one attached hydrogen (secondary N) is 1. The molecule has 3 aromatic rings. The lowest BCUT2D eigenvalue weighted by molar-refractivity contribution is 0.664. The van der Waals surface area contributed by atoms with Crippen LogP contribution in [0.1, 0.15) is 26.7 Å². The number of nitrogens with zero attached hydrogens (tertiary/aromatic N) is 2. The number of hydrogen-bond acceptors (Lipinski definition) is 3. The maximum atomic E-state index is 5.90. The van der Waals surface area contributed by atoms with Gasteiger partial charge < -0.3 is 15.6 Å². The summed E-state index contributed by atoms with van der Waals surface area (Å²) in [6, 6.07) is 10.6. The van der Waals surface area contributed by atoms with Gasteiger partial charge in [0.25, 0.3) is 0 Å². The van der Waals surface area contributed by atoms with Crippen LogP contribution in [-0.4, -0.2) is 15.7 Å². The van der Waals surface area contributed by atoms with Gasteiger partial charge in [-0.05, 0) is 25.5 Å². The fraction of sp³-hybridized carbons (Fsp3) is 0.353. The molecule has 0 spiro atoms. The minimum Gasteiger partial charge on any atom is -0.354 e. The summed E-state index contributed by atoms with van der Waals surface area (Å²) >= 11 is 0. The van der Waals surface area contributed by atoms with E-state index in [2.05, 4.69) is 52.1 Å². The number of pyridine rings is 1.